The molecule has 0 saturated carbocycles. The van der Waals surface area contributed by atoms with Crippen molar-refractivity contribution in [3.63, 3.8) is 0 Å². The molecule has 0 aliphatic carbocycles. The number of hydrogen-bond acceptors (Lipinski definition) is 3. The van der Waals surface area contributed by atoms with Crippen LogP contribution in [0.5, 0.6) is 0 Å². The molecular weight excluding hydrogens is 224 g/mol. The van der Waals surface area contributed by atoms with Gasteiger partial charge in [-0.25, -0.2) is 4.98 Å². The average molecular weight is 236 g/mol. The first-order valence-electron chi connectivity index (χ1n) is 5.70. The van der Waals surface area contributed by atoms with Gasteiger partial charge in [0, 0.05) is 7.05 Å². The van der Waals surface area contributed by atoms with Gasteiger partial charge in [0.25, 0.3) is 0 Å². The predicted octanol–water partition coefficient (Wildman–Crippen LogP) is 3.99. The van der Waals surface area contributed by atoms with Crippen molar-refractivity contribution in [1.29, 1.82) is 0 Å². The molecule has 3 aromatic rings. The molecule has 0 atom stereocenters. The van der Waals surface area contributed by atoms with E-state index >= 15 is 0 Å². The minimum Gasteiger partial charge on any atom is -0.338 e. The van der Waals surface area contributed by atoms with Gasteiger partial charge in [-0.05, 0) is 22.9 Å². The Morgan fingerprint density at radius 2 is 1.83 bits per heavy atom. The zero-order chi connectivity index (χ0) is 12.4. The molecule has 0 aliphatic rings. The van der Waals surface area contributed by atoms with Gasteiger partial charge in [0.2, 0.25) is 0 Å². The van der Waals surface area contributed by atoms with Crippen LogP contribution >= 0.6 is 0 Å². The number of nitrogens with zero attached hydrogens (tertiary/aromatic N) is 4. The van der Waals surface area contributed by atoms with Crippen LogP contribution in [0.25, 0.3) is 10.8 Å². The lowest BCUT2D eigenvalue weighted by Crippen LogP contribution is -1.76. The third kappa shape index (κ3) is 2.13. The molecule has 2 aromatic carbocycles. The van der Waals surface area contributed by atoms with Gasteiger partial charge in [-0.3, -0.25) is 0 Å². The fourth-order valence-electron chi connectivity index (χ4n) is 1.80. The molecule has 0 N–H and O–H groups in total. The summed E-state index contributed by atoms with van der Waals surface area (Å²) in [6.07, 6.45) is 3.53. The molecule has 0 aliphatic heterocycles. The Morgan fingerprint density at radius 3 is 2.61 bits per heavy atom. The molecule has 0 spiro atoms. The van der Waals surface area contributed by atoms with Gasteiger partial charge in [0.05, 0.1) is 18.2 Å². The van der Waals surface area contributed by atoms with Gasteiger partial charge in [0.1, 0.15) is 0 Å². The van der Waals surface area contributed by atoms with E-state index < -0.39 is 0 Å². The molecule has 18 heavy (non-hydrogen) atoms. The largest absolute Gasteiger partial charge is 0.338 e. The number of benzene rings is 2. The Kier molecular flexibility index (Phi) is 2.61. The molecule has 0 unspecified atom stereocenters. The van der Waals surface area contributed by atoms with E-state index in [4.69, 9.17) is 0 Å². The fourth-order valence-corrected chi connectivity index (χ4v) is 1.80. The van der Waals surface area contributed by atoms with Crippen LogP contribution in [-0.2, 0) is 7.05 Å². The average Bonchev–Trinajstić information content (AvgIpc) is 2.82. The minimum atomic E-state index is 0.616. The van der Waals surface area contributed by atoms with E-state index in [1.54, 1.807) is 6.33 Å². The Labute approximate surface area is 105 Å². The Morgan fingerprint density at radius 1 is 1.00 bits per heavy atom. The van der Waals surface area contributed by atoms with Crippen molar-refractivity contribution in [2.45, 2.75) is 0 Å². The first kappa shape index (κ1) is 10.7. The molecule has 0 bridgehead atoms. The second-order valence-electron chi connectivity index (χ2n) is 4.13. The van der Waals surface area contributed by atoms with Crippen LogP contribution in [0.2, 0.25) is 0 Å². The maximum absolute atomic E-state index is 4.19. The number of azo groups is 1. The van der Waals surface area contributed by atoms with Crippen LogP contribution in [0.1, 0.15) is 0 Å². The van der Waals surface area contributed by atoms with Crippen molar-refractivity contribution in [1.82, 2.24) is 9.55 Å². The van der Waals surface area contributed by atoms with Crippen LogP contribution in [0.3, 0.4) is 0 Å². The van der Waals surface area contributed by atoms with Gasteiger partial charge in [-0.1, -0.05) is 30.3 Å². The second-order valence-corrected chi connectivity index (χ2v) is 4.13. The SMILES string of the molecule is Cn1cnc(N=Nc2ccc3ccccc3c2)c1. The first-order valence-corrected chi connectivity index (χ1v) is 5.70. The van der Waals surface area contributed by atoms with Crippen LogP contribution in [0, 0.1) is 0 Å². The van der Waals surface area contributed by atoms with E-state index in [1.165, 1.54) is 5.39 Å². The van der Waals surface area contributed by atoms with Crippen LogP contribution in [0.4, 0.5) is 11.5 Å². The molecule has 88 valence electrons. The minimum absolute atomic E-state index is 0.616. The van der Waals surface area contributed by atoms with Gasteiger partial charge in [0.15, 0.2) is 5.82 Å². The van der Waals surface area contributed by atoms with E-state index in [0.717, 1.165) is 11.1 Å². The summed E-state index contributed by atoms with van der Waals surface area (Å²) in [4.78, 5) is 4.10. The topological polar surface area (TPSA) is 42.5 Å². The van der Waals surface area contributed by atoms with E-state index in [2.05, 4.69) is 27.3 Å². The lowest BCUT2D eigenvalue weighted by Gasteiger charge is -1.97. The second kappa shape index (κ2) is 4.41. The van der Waals surface area contributed by atoms with E-state index in [9.17, 15) is 0 Å². The summed E-state index contributed by atoms with van der Waals surface area (Å²) in [5.41, 5.74) is 0.833. The Hall–Kier alpha value is -2.49. The number of aromatic nitrogens is 2. The standard InChI is InChI=1S/C14H12N4/c1-18-9-14(15-10-18)17-16-13-7-6-11-4-2-3-5-12(11)8-13/h2-10H,1H3. The van der Waals surface area contributed by atoms with Crippen LogP contribution in [0.15, 0.2) is 65.2 Å². The molecule has 0 radical (unpaired) electrons. The van der Waals surface area contributed by atoms with Crippen molar-refractivity contribution < 1.29 is 0 Å². The van der Waals surface area contributed by atoms with Crippen molar-refractivity contribution in [2.75, 3.05) is 0 Å². The molecule has 0 fully saturated rings. The first-order chi connectivity index (χ1) is 8.81. The zero-order valence-electron chi connectivity index (χ0n) is 9.99. The highest BCUT2D eigenvalue weighted by Crippen LogP contribution is 2.22. The lowest BCUT2D eigenvalue weighted by atomic mass is 10.1. The van der Waals surface area contributed by atoms with Crippen molar-refractivity contribution >= 4 is 22.3 Å². The van der Waals surface area contributed by atoms with Gasteiger partial charge in [-0.15, -0.1) is 10.2 Å². The number of rotatable bonds is 2. The number of fused-ring (bicyclic) bond motifs is 1. The maximum atomic E-state index is 4.19. The predicted molar refractivity (Wildman–Crippen MR) is 71.3 cm³/mol. The quantitative estimate of drug-likeness (QED) is 0.620. The normalized spacial score (nSPS) is 11.4. The number of hydrogen-bond donors (Lipinski definition) is 0. The van der Waals surface area contributed by atoms with Gasteiger partial charge >= 0.3 is 0 Å². The maximum Gasteiger partial charge on any atom is 0.192 e. The van der Waals surface area contributed by atoms with Crippen molar-refractivity contribution in [3.05, 3.63) is 55.0 Å². The summed E-state index contributed by atoms with van der Waals surface area (Å²) in [5, 5.41) is 10.7. The van der Waals surface area contributed by atoms with E-state index in [-0.39, 0.29) is 0 Å². The molecule has 4 nitrogen and oxygen atoms in total. The molecule has 3 rings (SSSR count). The highest BCUT2D eigenvalue weighted by atomic mass is 15.2. The summed E-state index contributed by atoms with van der Waals surface area (Å²) in [6.45, 7) is 0. The molecular formula is C14H12N4. The highest BCUT2D eigenvalue weighted by Gasteiger charge is 1.96. The molecule has 1 heterocycles. The third-order valence-electron chi connectivity index (χ3n) is 2.69. The summed E-state index contributed by atoms with van der Waals surface area (Å²) in [7, 11) is 1.90. The van der Waals surface area contributed by atoms with Crippen LogP contribution in [-0.4, -0.2) is 9.55 Å². The lowest BCUT2D eigenvalue weighted by molar-refractivity contribution is 0.913. The fraction of sp³-hybridized carbons (Fsp3) is 0.0714. The number of imidazole rings is 1. The smallest absolute Gasteiger partial charge is 0.192 e. The zero-order valence-corrected chi connectivity index (χ0v) is 9.99. The van der Waals surface area contributed by atoms with Gasteiger partial charge < -0.3 is 4.57 Å². The molecule has 0 saturated heterocycles. The van der Waals surface area contributed by atoms with E-state index in [1.807, 2.05) is 48.1 Å². The summed E-state index contributed by atoms with van der Waals surface area (Å²) in [5.74, 6) is 0.616. The summed E-state index contributed by atoms with van der Waals surface area (Å²) >= 11 is 0. The third-order valence-corrected chi connectivity index (χ3v) is 2.69. The summed E-state index contributed by atoms with van der Waals surface area (Å²) < 4.78 is 1.84. The molecule has 4 heteroatoms. The molecule has 0 amide bonds. The Bertz CT molecular complexity index is 712. The Balaban J connectivity index is 1.93. The number of aryl methyl sites for hydroxylation is 1. The van der Waals surface area contributed by atoms with E-state index in [0.29, 0.717) is 5.82 Å². The summed E-state index contributed by atoms with van der Waals surface area (Å²) in [6, 6.07) is 14.2. The van der Waals surface area contributed by atoms with Crippen molar-refractivity contribution in [3.8, 4) is 0 Å². The monoisotopic (exact) mass is 236 g/mol. The highest BCUT2D eigenvalue weighted by molar-refractivity contribution is 5.85. The van der Waals surface area contributed by atoms with Gasteiger partial charge in [-0.2, -0.15) is 0 Å². The van der Waals surface area contributed by atoms with Crippen LogP contribution < -0.4 is 0 Å². The molecule has 1 aromatic heterocycles. The van der Waals surface area contributed by atoms with Crippen molar-refractivity contribution in [2.24, 2.45) is 17.3 Å².